The molecule has 1 aliphatic rings. The molecule has 0 unspecified atom stereocenters. The van der Waals surface area contributed by atoms with Crippen molar-refractivity contribution in [2.75, 3.05) is 0 Å². The molecule has 1 aromatic heterocycles. The number of aryl methyl sites for hydroxylation is 1. The van der Waals surface area contributed by atoms with Crippen molar-refractivity contribution in [3.63, 3.8) is 0 Å². The van der Waals surface area contributed by atoms with Crippen LogP contribution >= 0.6 is 0 Å². The van der Waals surface area contributed by atoms with Gasteiger partial charge in [0.2, 0.25) is 0 Å². The third-order valence-corrected chi connectivity index (χ3v) is 3.71. The normalized spacial score (nSPS) is 18.9. The van der Waals surface area contributed by atoms with E-state index in [0.29, 0.717) is 6.04 Å². The summed E-state index contributed by atoms with van der Waals surface area (Å²) in [5.41, 5.74) is 2.38. The molecule has 0 amide bonds. The lowest BCUT2D eigenvalue weighted by atomic mass is 10.00. The van der Waals surface area contributed by atoms with Crippen LogP contribution in [0, 0.1) is 12.8 Å². The molecule has 1 atom stereocenters. The minimum Gasteiger partial charge on any atom is -0.310 e. The smallest absolute Gasteiger partial charge is 0.0372 e. The van der Waals surface area contributed by atoms with Crippen LogP contribution in [0.25, 0.3) is 0 Å². The highest BCUT2D eigenvalue weighted by Gasteiger charge is 2.20. The molecular weight excluding hydrogens is 196 g/mol. The Labute approximate surface area is 98.5 Å². The van der Waals surface area contributed by atoms with Gasteiger partial charge in [-0.1, -0.05) is 18.9 Å². The molecule has 1 aliphatic carbocycles. The summed E-state index contributed by atoms with van der Waals surface area (Å²) >= 11 is 0. The summed E-state index contributed by atoms with van der Waals surface area (Å²) in [6.45, 7) is 5.29. The minimum absolute atomic E-state index is 0.642. The maximum absolute atomic E-state index is 4.31. The third kappa shape index (κ3) is 3.05. The molecule has 0 aliphatic heterocycles. The lowest BCUT2D eigenvalue weighted by Crippen LogP contribution is -2.31. The Kier molecular flexibility index (Phi) is 3.94. The lowest BCUT2D eigenvalue weighted by Gasteiger charge is -2.20. The summed E-state index contributed by atoms with van der Waals surface area (Å²) in [5.74, 6) is 0.887. The summed E-state index contributed by atoms with van der Waals surface area (Å²) in [5, 5.41) is 3.62. The average molecular weight is 218 g/mol. The topological polar surface area (TPSA) is 24.9 Å². The summed E-state index contributed by atoms with van der Waals surface area (Å²) in [4.78, 5) is 4.31. The monoisotopic (exact) mass is 218 g/mol. The summed E-state index contributed by atoms with van der Waals surface area (Å²) in [6.07, 6.45) is 7.62. The molecule has 1 heterocycles. The van der Waals surface area contributed by atoms with Crippen LogP contribution in [0.1, 0.15) is 43.9 Å². The zero-order chi connectivity index (χ0) is 11.4. The SMILES string of the molecule is Cc1ccc(CN[C@H](C)C2CCCC2)cn1. The molecule has 2 rings (SSSR count). The van der Waals surface area contributed by atoms with Gasteiger partial charge in [-0.15, -0.1) is 0 Å². The van der Waals surface area contributed by atoms with Crippen molar-refractivity contribution >= 4 is 0 Å². The highest BCUT2D eigenvalue weighted by atomic mass is 14.9. The first kappa shape index (κ1) is 11.6. The number of hydrogen-bond donors (Lipinski definition) is 1. The van der Waals surface area contributed by atoms with Gasteiger partial charge in [-0.05, 0) is 44.2 Å². The van der Waals surface area contributed by atoms with E-state index in [-0.39, 0.29) is 0 Å². The molecule has 1 aromatic rings. The first-order chi connectivity index (χ1) is 7.75. The molecule has 2 nitrogen and oxygen atoms in total. The fourth-order valence-electron chi connectivity index (χ4n) is 2.51. The van der Waals surface area contributed by atoms with Crippen molar-refractivity contribution in [2.24, 2.45) is 5.92 Å². The Bertz CT molecular complexity index is 312. The van der Waals surface area contributed by atoms with Crippen molar-refractivity contribution in [3.8, 4) is 0 Å². The number of nitrogens with one attached hydrogen (secondary N) is 1. The van der Waals surface area contributed by atoms with Gasteiger partial charge in [0.25, 0.3) is 0 Å². The van der Waals surface area contributed by atoms with Crippen molar-refractivity contribution in [1.29, 1.82) is 0 Å². The van der Waals surface area contributed by atoms with E-state index in [9.17, 15) is 0 Å². The third-order valence-electron chi connectivity index (χ3n) is 3.71. The van der Waals surface area contributed by atoms with Gasteiger partial charge in [0.15, 0.2) is 0 Å². The lowest BCUT2D eigenvalue weighted by molar-refractivity contribution is 0.380. The van der Waals surface area contributed by atoms with Crippen molar-refractivity contribution in [1.82, 2.24) is 10.3 Å². The largest absolute Gasteiger partial charge is 0.310 e. The van der Waals surface area contributed by atoms with Crippen LogP contribution in [-0.2, 0) is 6.54 Å². The van der Waals surface area contributed by atoms with Gasteiger partial charge >= 0.3 is 0 Å². The second-order valence-electron chi connectivity index (χ2n) is 5.02. The van der Waals surface area contributed by atoms with Gasteiger partial charge in [-0.3, -0.25) is 4.98 Å². The molecule has 88 valence electrons. The second kappa shape index (κ2) is 5.44. The van der Waals surface area contributed by atoms with Crippen molar-refractivity contribution in [2.45, 2.75) is 52.1 Å². The van der Waals surface area contributed by atoms with Crippen LogP contribution in [0.2, 0.25) is 0 Å². The standard InChI is InChI=1S/C14H22N2/c1-11-7-8-13(9-15-11)10-16-12(2)14-5-3-4-6-14/h7-9,12,14,16H,3-6,10H2,1-2H3/t12-/m1/s1. The number of pyridine rings is 1. The van der Waals surface area contributed by atoms with E-state index in [2.05, 4.69) is 29.4 Å². The molecule has 1 N–H and O–H groups in total. The van der Waals surface area contributed by atoms with E-state index >= 15 is 0 Å². The predicted octanol–water partition coefficient (Wildman–Crippen LogP) is 3.06. The van der Waals surface area contributed by atoms with Crippen molar-refractivity contribution in [3.05, 3.63) is 29.6 Å². The van der Waals surface area contributed by atoms with Crippen LogP contribution in [0.5, 0.6) is 0 Å². The quantitative estimate of drug-likeness (QED) is 0.840. The Morgan fingerprint density at radius 2 is 2.12 bits per heavy atom. The van der Waals surface area contributed by atoms with Gasteiger partial charge in [0.1, 0.15) is 0 Å². The van der Waals surface area contributed by atoms with E-state index in [1.807, 2.05) is 13.1 Å². The molecule has 2 heteroatoms. The van der Waals surface area contributed by atoms with Crippen molar-refractivity contribution < 1.29 is 0 Å². The van der Waals surface area contributed by atoms with E-state index < -0.39 is 0 Å². The summed E-state index contributed by atoms with van der Waals surface area (Å²) in [7, 11) is 0. The molecule has 1 fully saturated rings. The molecule has 0 bridgehead atoms. The summed E-state index contributed by atoms with van der Waals surface area (Å²) in [6, 6.07) is 4.89. The van der Waals surface area contributed by atoms with E-state index in [0.717, 1.165) is 18.2 Å². The minimum atomic E-state index is 0.642. The molecule has 1 saturated carbocycles. The molecular formula is C14H22N2. The van der Waals surface area contributed by atoms with Gasteiger partial charge < -0.3 is 5.32 Å². The maximum Gasteiger partial charge on any atom is 0.0372 e. The molecule has 0 spiro atoms. The predicted molar refractivity (Wildman–Crippen MR) is 67.2 cm³/mol. The van der Waals surface area contributed by atoms with E-state index in [4.69, 9.17) is 0 Å². The maximum atomic E-state index is 4.31. The van der Waals surface area contributed by atoms with Gasteiger partial charge in [0.05, 0.1) is 0 Å². The van der Waals surface area contributed by atoms with Crippen LogP contribution in [0.3, 0.4) is 0 Å². The van der Waals surface area contributed by atoms with Crippen LogP contribution in [0.15, 0.2) is 18.3 Å². The first-order valence-corrected chi connectivity index (χ1v) is 6.40. The number of rotatable bonds is 4. The molecule has 0 radical (unpaired) electrons. The van der Waals surface area contributed by atoms with Crippen LogP contribution < -0.4 is 5.32 Å². The average Bonchev–Trinajstić information content (AvgIpc) is 2.81. The number of aromatic nitrogens is 1. The van der Waals surface area contributed by atoms with E-state index in [1.165, 1.54) is 31.2 Å². The Morgan fingerprint density at radius 1 is 1.38 bits per heavy atom. The van der Waals surface area contributed by atoms with Gasteiger partial charge in [-0.25, -0.2) is 0 Å². The number of nitrogens with zero attached hydrogens (tertiary/aromatic N) is 1. The fourth-order valence-corrected chi connectivity index (χ4v) is 2.51. The van der Waals surface area contributed by atoms with Crippen LogP contribution in [0.4, 0.5) is 0 Å². The highest BCUT2D eigenvalue weighted by molar-refractivity contribution is 5.12. The fraction of sp³-hybridized carbons (Fsp3) is 0.643. The molecule has 0 aromatic carbocycles. The molecule has 0 saturated heterocycles. The Balaban J connectivity index is 1.80. The van der Waals surface area contributed by atoms with Gasteiger partial charge in [-0.2, -0.15) is 0 Å². The van der Waals surface area contributed by atoms with Crippen LogP contribution in [-0.4, -0.2) is 11.0 Å². The highest BCUT2D eigenvalue weighted by Crippen LogP contribution is 2.27. The Morgan fingerprint density at radius 3 is 2.75 bits per heavy atom. The van der Waals surface area contributed by atoms with Gasteiger partial charge in [0, 0.05) is 24.5 Å². The van der Waals surface area contributed by atoms with E-state index in [1.54, 1.807) is 0 Å². The number of hydrogen-bond acceptors (Lipinski definition) is 2. The summed E-state index contributed by atoms with van der Waals surface area (Å²) < 4.78 is 0. The molecule has 16 heavy (non-hydrogen) atoms. The second-order valence-corrected chi connectivity index (χ2v) is 5.02. The Hall–Kier alpha value is -0.890. The zero-order valence-corrected chi connectivity index (χ0v) is 10.4. The first-order valence-electron chi connectivity index (χ1n) is 6.40. The zero-order valence-electron chi connectivity index (χ0n) is 10.4.